The molecule has 10 heteroatoms. The highest BCUT2D eigenvalue weighted by molar-refractivity contribution is 5.97. The van der Waals surface area contributed by atoms with E-state index in [2.05, 4.69) is 35.5 Å². The van der Waals surface area contributed by atoms with Gasteiger partial charge in [-0.05, 0) is 49.1 Å². The van der Waals surface area contributed by atoms with E-state index in [9.17, 15) is 9.18 Å². The summed E-state index contributed by atoms with van der Waals surface area (Å²) in [5, 5.41) is 11.3. The number of carbonyl (C=O) groups is 1. The van der Waals surface area contributed by atoms with E-state index in [-0.39, 0.29) is 11.7 Å². The van der Waals surface area contributed by atoms with Gasteiger partial charge in [0.25, 0.3) is 0 Å². The maximum Gasteiger partial charge on any atom is 0.224 e. The van der Waals surface area contributed by atoms with Crippen molar-refractivity contribution in [3.8, 4) is 34.0 Å². The van der Waals surface area contributed by atoms with Gasteiger partial charge >= 0.3 is 0 Å². The average Bonchev–Trinajstić information content (AvgIpc) is 3.62. The summed E-state index contributed by atoms with van der Waals surface area (Å²) in [4.78, 5) is 34.1. The highest BCUT2D eigenvalue weighted by Gasteiger charge is 2.19. The third-order valence-corrected chi connectivity index (χ3v) is 7.72. The van der Waals surface area contributed by atoms with Gasteiger partial charge in [0.05, 0.1) is 34.8 Å². The zero-order chi connectivity index (χ0) is 27.8. The molecule has 3 N–H and O–H groups in total. The molecule has 9 nitrogen and oxygen atoms in total. The van der Waals surface area contributed by atoms with Crippen LogP contribution in [0.1, 0.15) is 38.5 Å². The number of aromatic amines is 2. The predicted octanol–water partition coefficient (Wildman–Crippen LogP) is 6.67. The molecule has 1 fully saturated rings. The molecule has 1 aromatic carbocycles. The smallest absolute Gasteiger partial charge is 0.224 e. The van der Waals surface area contributed by atoms with Crippen LogP contribution in [0.5, 0.6) is 0 Å². The van der Waals surface area contributed by atoms with Gasteiger partial charge in [-0.2, -0.15) is 5.10 Å². The highest BCUT2D eigenvalue weighted by atomic mass is 19.1. The van der Waals surface area contributed by atoms with Crippen LogP contribution in [0.3, 0.4) is 0 Å². The van der Waals surface area contributed by atoms with Crippen molar-refractivity contribution in [2.24, 2.45) is 5.92 Å². The topological polar surface area (TPSA) is 125 Å². The molecule has 0 saturated heterocycles. The summed E-state index contributed by atoms with van der Waals surface area (Å²) >= 11 is 0. The number of benzene rings is 1. The molecule has 1 amide bonds. The quantitative estimate of drug-likeness (QED) is 0.214. The minimum absolute atomic E-state index is 0.0190. The van der Waals surface area contributed by atoms with Crippen molar-refractivity contribution >= 4 is 33.5 Å². The first-order valence-electron chi connectivity index (χ1n) is 13.8. The first kappa shape index (κ1) is 25.0. The number of fused-ring (bicyclic) bond motifs is 2. The van der Waals surface area contributed by atoms with Crippen LogP contribution in [0.15, 0.2) is 67.3 Å². The van der Waals surface area contributed by atoms with Gasteiger partial charge in [-0.15, -0.1) is 0 Å². The number of carbonyl (C=O) groups excluding carboxylic acids is 1. The van der Waals surface area contributed by atoms with E-state index in [1.165, 1.54) is 25.3 Å². The number of halogens is 1. The molecule has 0 unspecified atom stereocenters. The van der Waals surface area contributed by atoms with Crippen LogP contribution in [0.4, 0.5) is 10.1 Å². The van der Waals surface area contributed by atoms with E-state index in [1.54, 1.807) is 49.1 Å². The van der Waals surface area contributed by atoms with Crippen LogP contribution in [0.2, 0.25) is 0 Å². The van der Waals surface area contributed by atoms with Gasteiger partial charge < -0.3 is 10.3 Å². The largest absolute Gasteiger partial charge is 0.336 e. The molecule has 0 atom stereocenters. The minimum Gasteiger partial charge on any atom is -0.336 e. The van der Waals surface area contributed by atoms with Crippen molar-refractivity contribution in [2.45, 2.75) is 38.5 Å². The normalized spacial score (nSPS) is 14.1. The number of nitrogens with zero attached hydrogens (tertiary/aromatic N) is 5. The lowest BCUT2D eigenvalue weighted by Crippen LogP contribution is -2.18. The Bertz CT molecular complexity index is 1890. The number of hydrogen-bond acceptors (Lipinski definition) is 6. The van der Waals surface area contributed by atoms with E-state index in [1.807, 2.05) is 12.1 Å². The molecule has 0 bridgehead atoms. The van der Waals surface area contributed by atoms with Gasteiger partial charge in [0.2, 0.25) is 5.91 Å². The van der Waals surface area contributed by atoms with Crippen LogP contribution < -0.4 is 5.32 Å². The van der Waals surface area contributed by atoms with E-state index in [0.29, 0.717) is 52.0 Å². The standard InChI is InChI=1S/C31H27FN8O/c32-23-9-5-4-8-21(23)28-30-24(10-11-34-28)37-31(38-30)29-22-14-25(35-17-26(22)39-40-29)19-13-20(16-33-15-19)36-27(41)12-18-6-2-1-3-7-18/h4-5,8-11,13-18H,1-3,6-7,12H2,(H,36,41)(H,37,38)(H,39,40). The number of rotatable bonds is 6. The Labute approximate surface area is 234 Å². The fourth-order valence-corrected chi connectivity index (χ4v) is 5.67. The third-order valence-electron chi connectivity index (χ3n) is 7.72. The second-order valence-electron chi connectivity index (χ2n) is 10.5. The molecule has 7 rings (SSSR count). The van der Waals surface area contributed by atoms with Crippen LogP contribution in [0, 0.1) is 11.7 Å². The Hall–Kier alpha value is -4.99. The molecule has 1 aliphatic carbocycles. The van der Waals surface area contributed by atoms with Crippen molar-refractivity contribution < 1.29 is 9.18 Å². The molecule has 6 aromatic rings. The molecule has 5 heterocycles. The third kappa shape index (κ3) is 4.93. The zero-order valence-electron chi connectivity index (χ0n) is 22.2. The Morgan fingerprint density at radius 3 is 2.73 bits per heavy atom. The Balaban J connectivity index is 1.20. The number of nitrogens with one attached hydrogen (secondary N) is 3. The maximum absolute atomic E-state index is 14.6. The summed E-state index contributed by atoms with van der Waals surface area (Å²) in [6.07, 6.45) is 13.2. The first-order chi connectivity index (χ1) is 20.1. The molecule has 5 aromatic heterocycles. The lowest BCUT2D eigenvalue weighted by atomic mass is 9.87. The fraction of sp³-hybridized carbons (Fsp3) is 0.226. The average molecular weight is 547 g/mol. The molecule has 0 spiro atoms. The van der Waals surface area contributed by atoms with Crippen LogP contribution in [0.25, 0.3) is 56.0 Å². The lowest BCUT2D eigenvalue weighted by molar-refractivity contribution is -0.117. The Morgan fingerprint density at radius 1 is 0.976 bits per heavy atom. The zero-order valence-corrected chi connectivity index (χ0v) is 22.2. The summed E-state index contributed by atoms with van der Waals surface area (Å²) in [6, 6.07) is 12.1. The number of anilines is 1. The maximum atomic E-state index is 14.6. The van der Waals surface area contributed by atoms with E-state index in [4.69, 9.17) is 4.98 Å². The van der Waals surface area contributed by atoms with Crippen LogP contribution >= 0.6 is 0 Å². The summed E-state index contributed by atoms with van der Waals surface area (Å²) in [5.41, 5.74) is 5.55. The van der Waals surface area contributed by atoms with Gasteiger partial charge in [0.1, 0.15) is 22.7 Å². The van der Waals surface area contributed by atoms with Crippen molar-refractivity contribution in [2.75, 3.05) is 5.32 Å². The van der Waals surface area contributed by atoms with E-state index < -0.39 is 0 Å². The minimum atomic E-state index is -0.362. The van der Waals surface area contributed by atoms with E-state index >= 15 is 0 Å². The number of hydrogen-bond donors (Lipinski definition) is 3. The van der Waals surface area contributed by atoms with Gasteiger partial charge in [-0.1, -0.05) is 31.4 Å². The molecular formula is C31H27FN8O. The van der Waals surface area contributed by atoms with Gasteiger partial charge in [0.15, 0.2) is 5.82 Å². The molecular weight excluding hydrogens is 519 g/mol. The Morgan fingerprint density at radius 2 is 1.85 bits per heavy atom. The molecule has 0 radical (unpaired) electrons. The molecule has 0 aliphatic heterocycles. The van der Waals surface area contributed by atoms with Crippen molar-refractivity contribution in [1.29, 1.82) is 0 Å². The summed E-state index contributed by atoms with van der Waals surface area (Å²) in [6.45, 7) is 0. The summed E-state index contributed by atoms with van der Waals surface area (Å²) in [5.74, 6) is 0.639. The molecule has 204 valence electrons. The molecule has 41 heavy (non-hydrogen) atoms. The van der Waals surface area contributed by atoms with Gasteiger partial charge in [-0.3, -0.25) is 24.8 Å². The van der Waals surface area contributed by atoms with Gasteiger partial charge in [0, 0.05) is 35.3 Å². The highest BCUT2D eigenvalue weighted by Crippen LogP contribution is 2.33. The lowest BCUT2D eigenvalue weighted by Gasteiger charge is -2.20. The Kier molecular flexibility index (Phi) is 6.42. The first-order valence-corrected chi connectivity index (χ1v) is 13.8. The van der Waals surface area contributed by atoms with Crippen LogP contribution in [-0.4, -0.2) is 41.0 Å². The number of H-pyrrole nitrogens is 2. The summed E-state index contributed by atoms with van der Waals surface area (Å²) in [7, 11) is 0. The number of aromatic nitrogens is 7. The predicted molar refractivity (Wildman–Crippen MR) is 155 cm³/mol. The number of imidazole rings is 1. The second-order valence-corrected chi connectivity index (χ2v) is 10.5. The van der Waals surface area contributed by atoms with Gasteiger partial charge in [-0.25, -0.2) is 9.37 Å². The SMILES string of the molecule is O=C(CC1CCCCC1)Nc1cncc(-c2cc3c(-c4nc5c(-c6ccccc6F)nccc5[nH]4)n[nH]c3cn2)c1. The summed E-state index contributed by atoms with van der Waals surface area (Å²) < 4.78 is 14.6. The number of pyridine rings is 3. The fourth-order valence-electron chi connectivity index (χ4n) is 5.67. The van der Waals surface area contributed by atoms with E-state index in [0.717, 1.165) is 34.8 Å². The molecule has 1 saturated carbocycles. The van der Waals surface area contributed by atoms with Crippen molar-refractivity contribution in [3.63, 3.8) is 0 Å². The van der Waals surface area contributed by atoms with Crippen molar-refractivity contribution in [3.05, 3.63) is 73.1 Å². The van der Waals surface area contributed by atoms with Crippen molar-refractivity contribution in [1.82, 2.24) is 35.1 Å². The second kappa shape index (κ2) is 10.5. The molecule has 1 aliphatic rings. The monoisotopic (exact) mass is 546 g/mol. The van der Waals surface area contributed by atoms with Crippen LogP contribution in [-0.2, 0) is 4.79 Å². The number of amides is 1.